The van der Waals surface area contributed by atoms with Crippen LogP contribution in [0.5, 0.6) is 23.0 Å². The van der Waals surface area contributed by atoms with E-state index in [1.54, 1.807) is 84.9 Å². The molecule has 15 heteroatoms. The van der Waals surface area contributed by atoms with E-state index in [1.165, 1.54) is 43.5 Å². The van der Waals surface area contributed by atoms with Gasteiger partial charge in [0.05, 0.1) is 35.4 Å². The molecule has 0 bridgehead atoms. The van der Waals surface area contributed by atoms with E-state index in [9.17, 15) is 18.4 Å². The van der Waals surface area contributed by atoms with Crippen molar-refractivity contribution in [3.05, 3.63) is 321 Å². The molecular weight excluding hydrogens is 1620 g/mol. The van der Waals surface area contributed by atoms with Crippen LogP contribution in [0.2, 0.25) is 5.02 Å². The summed E-state index contributed by atoms with van der Waals surface area (Å²) >= 11 is 16.7. The van der Waals surface area contributed by atoms with Gasteiger partial charge in [-0.1, -0.05) is 244 Å². The Bertz CT molecular complexity index is 6210. The van der Waals surface area contributed by atoms with E-state index in [0.717, 1.165) is 159 Å². The smallest absolute Gasteiger partial charge is 0.497 e. The Balaban J connectivity index is 1.03. The number of hydrogen-bond donors (Lipinski definition) is 0. The Hall–Kier alpha value is -11.9. The van der Waals surface area contributed by atoms with Gasteiger partial charge in [0.25, 0.3) is 0 Å². The number of benzene rings is 14. The van der Waals surface area contributed by atoms with Gasteiger partial charge in [-0.05, 0) is 323 Å². The Morgan fingerprint density at radius 2 is 0.875 bits per heavy atom. The molecule has 5 nitrogen and oxygen atoms in total. The van der Waals surface area contributed by atoms with Gasteiger partial charge in [0.2, 0.25) is 0 Å². The van der Waals surface area contributed by atoms with Crippen molar-refractivity contribution >= 4 is 45.3 Å². The Kier molecular flexibility index (Phi) is 25.6. The highest BCUT2D eigenvalue weighted by Crippen LogP contribution is 2.55. The van der Waals surface area contributed by atoms with Gasteiger partial charge in [-0.2, -0.15) is 18.4 Å². The topological polar surface area (TPSA) is 60.7 Å². The predicted octanol–water partition coefficient (Wildman–Crippen LogP) is 32.1. The average Bonchev–Trinajstić information content (AvgIpc) is 0.743. The first-order valence-electron chi connectivity index (χ1n) is 40.1. The third-order valence-electron chi connectivity index (χ3n) is 21.9. The van der Waals surface area contributed by atoms with E-state index in [-0.39, 0.29) is 23.4 Å². The van der Waals surface area contributed by atoms with Gasteiger partial charge < -0.3 is 18.9 Å². The number of thiocarbonyl (C=S) groups is 1. The summed E-state index contributed by atoms with van der Waals surface area (Å²) in [7, 11) is 1.51. The molecule has 0 aliphatic heterocycles. The summed E-state index contributed by atoms with van der Waals surface area (Å²) in [5.41, 5.74) is 23.7. The molecule has 14 rings (SSSR count). The van der Waals surface area contributed by atoms with Crippen LogP contribution in [0.1, 0.15) is 113 Å². The molecule has 0 saturated heterocycles. The molecule has 0 heterocycles. The Labute approximate surface area is 715 Å². The first kappa shape index (κ1) is 84.6. The van der Waals surface area contributed by atoms with Crippen molar-refractivity contribution in [3.8, 4) is 174 Å². The number of rotatable bonds is 26. The van der Waals surface area contributed by atoms with Gasteiger partial charge in [0, 0.05) is 15.6 Å². The van der Waals surface area contributed by atoms with Crippen molar-refractivity contribution in [2.24, 2.45) is 0 Å². The molecule has 0 fully saturated rings. The standard InChI is InChI=1S/C105H86BrClF7NO4S/c1-10-13-15-67-21-44-84(95(53-67)86-46-31-74(104(109,110)111)55-97(86)87-47-38-78(116-9)56-98(87)88-48-39-79(118-63(6)7)57-99(88)81-49-40-80(119-105(112,113)114)58-90(81)69-28-36-77(37-29-69)117-61-120)96-54-73(62(4)5)30-45-85(96)94-52-66(14-11-2)20-43-83(94)93-51-65(12-3)19-42-82(93)92-50-64(8)16-41-89(92)100-59-91(70-26-34-76(108)35-27-70)101(72-24-32-75(106)33-25-72)103(107)102(100)71-22-17-68(60-115)18-23-71/h16-59,61-63H,10-15H2,1-9H3. The lowest BCUT2D eigenvalue weighted by Crippen LogP contribution is -2.17. The summed E-state index contributed by atoms with van der Waals surface area (Å²) in [4.78, 5) is 0. The van der Waals surface area contributed by atoms with Crippen molar-refractivity contribution in [2.45, 2.75) is 118 Å². The lowest BCUT2D eigenvalue weighted by Gasteiger charge is -2.25. The molecule has 0 aliphatic rings. The van der Waals surface area contributed by atoms with Gasteiger partial charge in [0.15, 0.2) is 5.55 Å². The zero-order chi connectivity index (χ0) is 84.8. The van der Waals surface area contributed by atoms with E-state index in [4.69, 9.17) is 38.0 Å². The lowest BCUT2D eigenvalue weighted by molar-refractivity contribution is -0.274. The molecular formula is C105H86BrClF7NO4S. The fourth-order valence-electron chi connectivity index (χ4n) is 16.0. The van der Waals surface area contributed by atoms with E-state index < -0.39 is 23.9 Å². The fourth-order valence-corrected chi connectivity index (χ4v) is 16.8. The molecule has 14 aromatic rings. The number of ether oxygens (including phenoxy) is 4. The molecule has 120 heavy (non-hydrogen) atoms. The molecule has 604 valence electrons. The molecule has 0 unspecified atom stereocenters. The molecule has 0 aromatic heterocycles. The van der Waals surface area contributed by atoms with Gasteiger partial charge >= 0.3 is 12.5 Å². The van der Waals surface area contributed by atoms with Crippen LogP contribution in [-0.4, -0.2) is 25.1 Å². The second-order valence-electron chi connectivity index (χ2n) is 30.6. The summed E-state index contributed by atoms with van der Waals surface area (Å²) in [5.74, 6) is 0.334. The number of alkyl halides is 6. The minimum absolute atomic E-state index is 0.0200. The molecule has 0 spiro atoms. The van der Waals surface area contributed by atoms with Crippen LogP contribution < -0.4 is 18.9 Å². The summed E-state index contributed by atoms with van der Waals surface area (Å²) in [6, 6.07) is 84.6. The van der Waals surface area contributed by atoms with Gasteiger partial charge in [0.1, 0.15) is 28.8 Å². The number of halogens is 9. The third kappa shape index (κ3) is 18.5. The van der Waals surface area contributed by atoms with Crippen LogP contribution in [0.4, 0.5) is 30.7 Å². The first-order valence-corrected chi connectivity index (χ1v) is 41.7. The van der Waals surface area contributed by atoms with Crippen molar-refractivity contribution < 1.29 is 49.7 Å². The highest BCUT2D eigenvalue weighted by molar-refractivity contribution is 9.10. The molecule has 0 amide bonds. The van der Waals surface area contributed by atoms with Crippen molar-refractivity contribution in [1.29, 1.82) is 5.26 Å². The Morgan fingerprint density at radius 1 is 0.433 bits per heavy atom. The van der Waals surface area contributed by atoms with Crippen molar-refractivity contribution in [1.82, 2.24) is 0 Å². The first-order chi connectivity index (χ1) is 57.7. The number of nitrogens with zero attached hydrogens (tertiary/aromatic N) is 1. The maximum Gasteiger partial charge on any atom is 0.573 e. The number of nitriles is 1. The lowest BCUT2D eigenvalue weighted by atomic mass is 9.79. The van der Waals surface area contributed by atoms with E-state index in [2.05, 4.69) is 165 Å². The predicted molar refractivity (Wildman–Crippen MR) is 484 cm³/mol. The summed E-state index contributed by atoms with van der Waals surface area (Å²) in [6.45, 7) is 16.5. The van der Waals surface area contributed by atoms with Crippen LogP contribution in [-0.2, 0) is 25.4 Å². The summed E-state index contributed by atoms with van der Waals surface area (Å²) in [6.07, 6.45) is -5.52. The zero-order valence-electron chi connectivity index (χ0n) is 67.8. The second kappa shape index (κ2) is 36.4. The van der Waals surface area contributed by atoms with Crippen LogP contribution in [0.15, 0.2) is 271 Å². The SMILES string of the molecule is CCCCc1ccc(-c2cc(C(C)C)ccc2-c2cc(CCC)ccc2-c2cc(CC)ccc2-c2cc(C)ccc2-c2cc(-c3ccc(F)cc3)c(-c3ccc(Br)cc3)c(Cl)c2-c2ccc(C#N)cc2)c(-c2ccc(C(F)(F)F)cc2-c2ccc(OC)cc2-c2ccc(OC(C)C)cc2-c2ccc(OC(F)(F)F)cc2-c2ccc(OC=S)cc2)c1. The van der Waals surface area contributed by atoms with Gasteiger partial charge in [-0.15, -0.1) is 13.2 Å². The highest BCUT2D eigenvalue weighted by atomic mass is 79.9. The maximum atomic E-state index is 16.0. The summed E-state index contributed by atoms with van der Waals surface area (Å²) in [5, 5.41) is 10.6. The monoisotopic (exact) mass is 1700 g/mol. The molecule has 0 N–H and O–H groups in total. The number of hydrogen-bond acceptors (Lipinski definition) is 6. The highest BCUT2D eigenvalue weighted by Gasteiger charge is 2.35. The van der Waals surface area contributed by atoms with Crippen molar-refractivity contribution in [2.75, 3.05) is 7.11 Å². The van der Waals surface area contributed by atoms with Crippen LogP contribution in [0.25, 0.3) is 145 Å². The molecule has 14 aromatic carbocycles. The third-order valence-corrected chi connectivity index (χ3v) is 22.9. The molecule has 0 saturated carbocycles. The Morgan fingerprint density at radius 3 is 1.43 bits per heavy atom. The average molecular weight is 1710 g/mol. The van der Waals surface area contributed by atoms with Crippen LogP contribution in [0.3, 0.4) is 0 Å². The minimum atomic E-state index is -5.05. The van der Waals surface area contributed by atoms with Crippen molar-refractivity contribution in [3.63, 3.8) is 0 Å². The summed E-state index contributed by atoms with van der Waals surface area (Å²) < 4.78 is 129. The molecule has 0 aliphatic carbocycles. The van der Waals surface area contributed by atoms with Crippen LogP contribution >= 0.6 is 39.7 Å². The minimum Gasteiger partial charge on any atom is -0.497 e. The fraction of sp³-hybridized carbons (Fsp3) is 0.181. The quantitative estimate of drug-likeness (QED) is 0.0398. The van der Waals surface area contributed by atoms with Crippen LogP contribution in [0, 0.1) is 24.1 Å². The molecule has 0 radical (unpaired) electrons. The second-order valence-corrected chi connectivity index (χ2v) is 32.1. The number of aryl methyl sites for hydroxylation is 4. The maximum absolute atomic E-state index is 16.0. The largest absolute Gasteiger partial charge is 0.573 e. The molecule has 0 atom stereocenters. The number of unbranched alkanes of at least 4 members (excludes halogenated alkanes) is 1. The van der Waals surface area contributed by atoms with E-state index in [0.29, 0.717) is 90.7 Å². The normalized spacial score (nSPS) is 11.6. The van der Waals surface area contributed by atoms with Gasteiger partial charge in [-0.3, -0.25) is 0 Å². The van der Waals surface area contributed by atoms with E-state index in [1.807, 2.05) is 56.3 Å². The number of methoxy groups -OCH3 is 1. The van der Waals surface area contributed by atoms with Gasteiger partial charge in [-0.25, -0.2) is 4.39 Å². The zero-order valence-corrected chi connectivity index (χ0v) is 70.9. The van der Waals surface area contributed by atoms with E-state index >= 15 is 17.6 Å².